The maximum absolute atomic E-state index is 5.41. The quantitative estimate of drug-likeness (QED) is 0.278. The van der Waals surface area contributed by atoms with Crippen LogP contribution in [0.1, 0.15) is 39.5 Å². The summed E-state index contributed by atoms with van der Waals surface area (Å²) in [6.45, 7) is 5.76. The zero-order valence-electron chi connectivity index (χ0n) is 10.2. The van der Waals surface area contributed by atoms with Gasteiger partial charge in [-0.3, -0.25) is 0 Å². The van der Waals surface area contributed by atoms with Crippen molar-refractivity contribution in [3.63, 3.8) is 0 Å². The van der Waals surface area contributed by atoms with Crippen molar-refractivity contribution in [3.8, 4) is 0 Å². The minimum atomic E-state index is -0.936. The van der Waals surface area contributed by atoms with Crippen LogP contribution in [0.3, 0.4) is 0 Å². The average Bonchev–Trinajstić information content (AvgIpc) is 2.30. The number of thiocarbonyl (C=S) groups is 2. The Hall–Kier alpha value is 1.40. The van der Waals surface area contributed by atoms with E-state index in [4.69, 9.17) is 33.9 Å². The molecule has 98 valence electrons. The van der Waals surface area contributed by atoms with Gasteiger partial charge in [0, 0.05) is 0 Å². The zero-order chi connectivity index (χ0) is 12.9. The van der Waals surface area contributed by atoms with Gasteiger partial charge in [0.15, 0.2) is 0 Å². The molecule has 0 heterocycles. The Balaban J connectivity index is 3.36. The van der Waals surface area contributed by atoms with Crippen molar-refractivity contribution >= 4 is 71.1 Å². The third kappa shape index (κ3) is 13.6. The molecule has 0 saturated carbocycles. The molecule has 0 aromatic heterocycles. The molecule has 2 radical (unpaired) electrons. The van der Waals surface area contributed by atoms with Crippen LogP contribution in [0.4, 0.5) is 0 Å². The van der Waals surface area contributed by atoms with Gasteiger partial charge in [0.1, 0.15) is 0 Å². The summed E-state index contributed by atoms with van der Waals surface area (Å²) in [5.41, 5.74) is 0. The van der Waals surface area contributed by atoms with E-state index in [-0.39, 0.29) is 0 Å². The number of rotatable bonds is 8. The van der Waals surface area contributed by atoms with Gasteiger partial charge in [-0.15, -0.1) is 0 Å². The average molecular weight is 506 g/mol. The van der Waals surface area contributed by atoms with Crippen LogP contribution in [0.5, 0.6) is 0 Å². The Kier molecular flexibility index (Phi) is 15.0. The summed E-state index contributed by atoms with van der Waals surface area (Å²) in [6, 6.07) is 0. The Morgan fingerprint density at radius 3 is 1.71 bits per heavy atom. The van der Waals surface area contributed by atoms with Crippen molar-refractivity contribution in [2.75, 3.05) is 13.2 Å². The predicted molar refractivity (Wildman–Crippen MR) is 87.9 cm³/mol. The fourth-order valence-electron chi connectivity index (χ4n) is 0.747. The van der Waals surface area contributed by atoms with Gasteiger partial charge < -0.3 is 0 Å². The molecule has 0 aliphatic heterocycles. The first-order chi connectivity index (χ1) is 8.20. The van der Waals surface area contributed by atoms with Crippen LogP contribution in [0.2, 0.25) is 0 Å². The van der Waals surface area contributed by atoms with E-state index >= 15 is 0 Å². The summed E-state index contributed by atoms with van der Waals surface area (Å²) in [6.07, 6.45) is 4.42. The van der Waals surface area contributed by atoms with E-state index in [1.165, 1.54) is 0 Å². The third-order valence-electron chi connectivity index (χ3n) is 1.69. The van der Waals surface area contributed by atoms with Crippen molar-refractivity contribution in [2.45, 2.75) is 39.5 Å². The third-order valence-corrected chi connectivity index (χ3v) is 17.3. The van der Waals surface area contributed by atoms with Crippen LogP contribution in [0.25, 0.3) is 0 Å². The molecular formula is C10H18O2PbS4. The van der Waals surface area contributed by atoms with Gasteiger partial charge in [-0.25, -0.2) is 0 Å². The van der Waals surface area contributed by atoms with E-state index < -0.39 is 21.2 Å². The summed E-state index contributed by atoms with van der Waals surface area (Å²) in [5.74, 6) is 0. The summed E-state index contributed by atoms with van der Waals surface area (Å²) in [5, 5.41) is 0. The Bertz CT molecular complexity index is 204. The number of hydrogen-bond donors (Lipinski definition) is 0. The number of ether oxygens (including phenoxy) is 2. The Labute approximate surface area is 132 Å². The first kappa shape index (κ1) is 18.4. The molecule has 0 aliphatic rings. The van der Waals surface area contributed by atoms with Gasteiger partial charge in [0.05, 0.1) is 0 Å². The van der Waals surface area contributed by atoms with Gasteiger partial charge in [0.2, 0.25) is 0 Å². The second-order valence-electron chi connectivity index (χ2n) is 3.19. The molecule has 0 aromatic carbocycles. The van der Waals surface area contributed by atoms with Crippen molar-refractivity contribution < 1.29 is 9.47 Å². The predicted octanol–water partition coefficient (Wildman–Crippen LogP) is 4.19. The van der Waals surface area contributed by atoms with E-state index in [0.29, 0.717) is 8.77 Å². The first-order valence-electron chi connectivity index (χ1n) is 5.62. The molecule has 2 nitrogen and oxygen atoms in total. The van der Waals surface area contributed by atoms with Crippen LogP contribution >= 0.6 is 41.1 Å². The van der Waals surface area contributed by atoms with Gasteiger partial charge in [-0.1, -0.05) is 0 Å². The molecule has 17 heavy (non-hydrogen) atoms. The van der Waals surface area contributed by atoms with Crippen molar-refractivity contribution in [1.29, 1.82) is 0 Å². The van der Waals surface area contributed by atoms with Gasteiger partial charge >= 0.3 is 133 Å². The monoisotopic (exact) mass is 506 g/mol. The van der Waals surface area contributed by atoms with Crippen LogP contribution in [0.15, 0.2) is 0 Å². The molecule has 0 saturated heterocycles. The van der Waals surface area contributed by atoms with E-state index in [9.17, 15) is 0 Å². The van der Waals surface area contributed by atoms with E-state index in [2.05, 4.69) is 13.8 Å². The fourth-order valence-corrected chi connectivity index (χ4v) is 14.9. The molecule has 0 N–H and O–H groups in total. The van der Waals surface area contributed by atoms with E-state index in [0.717, 1.165) is 38.9 Å². The molecule has 0 fully saturated rings. The Morgan fingerprint density at radius 2 is 1.35 bits per heavy atom. The standard InChI is InChI=1S/2C5H10OS2.Pb/c2*1-2-3-4-6-5(7)8;/h2*2-4H2,1H3,(H,7,8);/q;;+2/p-2. The molecule has 0 unspecified atom stereocenters. The molecule has 0 aromatic rings. The molecule has 7 heteroatoms. The van der Waals surface area contributed by atoms with E-state index in [1.54, 1.807) is 16.6 Å². The fraction of sp³-hybridized carbons (Fsp3) is 0.800. The minimum absolute atomic E-state index is 0.686. The zero-order valence-corrected chi connectivity index (χ0v) is 17.3. The molecule has 0 bridgehead atoms. The summed E-state index contributed by atoms with van der Waals surface area (Å²) in [7, 11) is 3.39. The van der Waals surface area contributed by atoms with Crippen LogP contribution in [-0.2, 0) is 9.47 Å². The normalized spacial score (nSPS) is 10.0. The number of unbranched alkanes of at least 4 members (excludes halogenated alkanes) is 2. The summed E-state index contributed by atoms with van der Waals surface area (Å²) >= 11 is 9.30. The molecule has 0 spiro atoms. The molecular weight excluding hydrogens is 488 g/mol. The second kappa shape index (κ2) is 13.8. The van der Waals surface area contributed by atoms with Gasteiger partial charge in [0.25, 0.3) is 0 Å². The molecule has 0 atom stereocenters. The topological polar surface area (TPSA) is 18.5 Å². The van der Waals surface area contributed by atoms with Gasteiger partial charge in [-0.05, 0) is 0 Å². The van der Waals surface area contributed by atoms with Crippen molar-refractivity contribution in [1.82, 2.24) is 0 Å². The van der Waals surface area contributed by atoms with Crippen molar-refractivity contribution in [3.05, 3.63) is 0 Å². The van der Waals surface area contributed by atoms with Crippen LogP contribution < -0.4 is 0 Å². The first-order valence-corrected chi connectivity index (χ1v) is 17.6. The van der Waals surface area contributed by atoms with Crippen LogP contribution in [-0.4, -0.2) is 43.2 Å². The molecule has 0 amide bonds. The molecule has 0 rings (SSSR count). The van der Waals surface area contributed by atoms with E-state index in [1.807, 2.05) is 0 Å². The SMILES string of the molecule is CCCCOC(=S)[S][Pb][S]C(=S)OCCCC. The second-order valence-corrected chi connectivity index (χ2v) is 16.9. The molecule has 0 aliphatic carbocycles. The van der Waals surface area contributed by atoms with Gasteiger partial charge in [-0.2, -0.15) is 0 Å². The summed E-state index contributed by atoms with van der Waals surface area (Å²) in [4.78, 5) is 0. The number of hydrogen-bond acceptors (Lipinski definition) is 6. The maximum atomic E-state index is 5.41. The van der Waals surface area contributed by atoms with Crippen LogP contribution in [0, 0.1) is 0 Å². The van der Waals surface area contributed by atoms with Crippen molar-refractivity contribution in [2.24, 2.45) is 0 Å². The Morgan fingerprint density at radius 1 is 0.941 bits per heavy atom. The summed E-state index contributed by atoms with van der Waals surface area (Å²) < 4.78 is 12.2.